The van der Waals surface area contributed by atoms with Crippen molar-refractivity contribution in [2.75, 3.05) is 18.1 Å². The van der Waals surface area contributed by atoms with Gasteiger partial charge >= 0.3 is 0 Å². The predicted molar refractivity (Wildman–Crippen MR) is 60.7 cm³/mol. The summed E-state index contributed by atoms with van der Waals surface area (Å²) in [7, 11) is 0. The third kappa shape index (κ3) is 2.18. The minimum Gasteiger partial charge on any atom is -0.369 e. The first kappa shape index (κ1) is 9.77. The first-order valence-electron chi connectivity index (χ1n) is 4.83. The molecule has 0 saturated heterocycles. The Bertz CT molecular complexity index is 323. The van der Waals surface area contributed by atoms with Crippen molar-refractivity contribution in [3.05, 3.63) is 18.1 Å². The van der Waals surface area contributed by atoms with E-state index in [1.54, 1.807) is 6.20 Å². The summed E-state index contributed by atoms with van der Waals surface area (Å²) in [5.74, 6) is 1.77. The molecule has 76 valence electrons. The van der Waals surface area contributed by atoms with Crippen LogP contribution in [0.1, 0.15) is 18.7 Å². The lowest BCUT2D eigenvalue weighted by atomic mass is 10.4. The van der Waals surface area contributed by atoms with E-state index in [1.807, 2.05) is 24.8 Å². The minimum absolute atomic E-state index is 0.485. The van der Waals surface area contributed by atoms with Gasteiger partial charge in [0.1, 0.15) is 11.6 Å². The smallest absolute Gasteiger partial charge is 0.129 e. The molecule has 1 N–H and O–H groups in total. The normalized spacial score (nSPS) is 17.9. The van der Waals surface area contributed by atoms with Gasteiger partial charge in [-0.2, -0.15) is 11.8 Å². The Morgan fingerprint density at radius 2 is 2.36 bits per heavy atom. The maximum atomic E-state index is 4.31. The van der Waals surface area contributed by atoms with Gasteiger partial charge in [-0.05, 0) is 32.1 Å². The van der Waals surface area contributed by atoms with E-state index in [1.165, 1.54) is 12.8 Å². The van der Waals surface area contributed by atoms with Gasteiger partial charge in [0.25, 0.3) is 0 Å². The van der Waals surface area contributed by atoms with Gasteiger partial charge in [0.2, 0.25) is 0 Å². The summed E-state index contributed by atoms with van der Waals surface area (Å²) < 4.78 is 0.485. The molecule has 0 radical (unpaired) electrons. The van der Waals surface area contributed by atoms with Crippen LogP contribution in [0.2, 0.25) is 0 Å². The first-order valence-corrected chi connectivity index (χ1v) is 6.05. The SMILES string of the molecule is CSC1(CNc2ccnc(C)n2)CC1. The molecule has 14 heavy (non-hydrogen) atoms. The molecule has 0 aromatic carbocycles. The highest BCUT2D eigenvalue weighted by atomic mass is 32.2. The van der Waals surface area contributed by atoms with Gasteiger partial charge in [-0.15, -0.1) is 0 Å². The van der Waals surface area contributed by atoms with E-state index in [-0.39, 0.29) is 0 Å². The maximum absolute atomic E-state index is 4.31. The Morgan fingerprint density at radius 3 is 2.93 bits per heavy atom. The zero-order valence-electron chi connectivity index (χ0n) is 8.58. The standard InChI is InChI=1S/C10H15N3S/c1-8-11-6-3-9(13-8)12-7-10(14-2)4-5-10/h3,6H,4-5,7H2,1-2H3,(H,11,12,13). The fourth-order valence-electron chi connectivity index (χ4n) is 1.40. The zero-order chi connectivity index (χ0) is 10.0. The molecule has 1 aliphatic carbocycles. The molecular formula is C10H15N3S. The molecule has 1 heterocycles. The Labute approximate surface area is 88.7 Å². The van der Waals surface area contributed by atoms with Gasteiger partial charge < -0.3 is 5.32 Å². The fraction of sp³-hybridized carbons (Fsp3) is 0.600. The van der Waals surface area contributed by atoms with Gasteiger partial charge in [-0.3, -0.25) is 0 Å². The van der Waals surface area contributed by atoms with Crippen LogP contribution >= 0.6 is 11.8 Å². The third-order valence-corrected chi connectivity index (χ3v) is 4.03. The van der Waals surface area contributed by atoms with E-state index in [0.717, 1.165) is 18.2 Å². The summed E-state index contributed by atoms with van der Waals surface area (Å²) in [5, 5.41) is 3.37. The topological polar surface area (TPSA) is 37.8 Å². The van der Waals surface area contributed by atoms with Crippen LogP contribution in [0.4, 0.5) is 5.82 Å². The third-order valence-electron chi connectivity index (χ3n) is 2.61. The number of anilines is 1. The molecule has 2 rings (SSSR count). The molecule has 1 fully saturated rings. The molecule has 0 unspecified atom stereocenters. The molecule has 1 aromatic rings. The summed E-state index contributed by atoms with van der Waals surface area (Å²) in [4.78, 5) is 8.37. The molecule has 1 saturated carbocycles. The van der Waals surface area contributed by atoms with Crippen molar-refractivity contribution in [2.45, 2.75) is 24.5 Å². The highest BCUT2D eigenvalue weighted by Gasteiger charge is 2.41. The van der Waals surface area contributed by atoms with E-state index in [9.17, 15) is 0 Å². The van der Waals surface area contributed by atoms with Gasteiger partial charge in [-0.25, -0.2) is 9.97 Å². The van der Waals surface area contributed by atoms with Crippen molar-refractivity contribution < 1.29 is 0 Å². The van der Waals surface area contributed by atoms with Crippen LogP contribution in [0.25, 0.3) is 0 Å². The number of aromatic nitrogens is 2. The molecule has 4 heteroatoms. The Kier molecular flexibility index (Phi) is 2.63. The van der Waals surface area contributed by atoms with Crippen molar-refractivity contribution in [2.24, 2.45) is 0 Å². The Morgan fingerprint density at radius 1 is 1.57 bits per heavy atom. The number of nitrogens with zero attached hydrogens (tertiary/aromatic N) is 2. The number of thioether (sulfide) groups is 1. The van der Waals surface area contributed by atoms with Crippen LogP contribution < -0.4 is 5.32 Å². The quantitative estimate of drug-likeness (QED) is 0.824. The molecular weight excluding hydrogens is 194 g/mol. The van der Waals surface area contributed by atoms with E-state index in [2.05, 4.69) is 21.5 Å². The van der Waals surface area contributed by atoms with E-state index < -0.39 is 0 Å². The minimum atomic E-state index is 0.485. The summed E-state index contributed by atoms with van der Waals surface area (Å²) in [5.41, 5.74) is 0. The van der Waals surface area contributed by atoms with Crippen LogP contribution in [0, 0.1) is 6.92 Å². The van der Waals surface area contributed by atoms with Crippen LogP contribution in [-0.2, 0) is 0 Å². The summed E-state index contributed by atoms with van der Waals surface area (Å²) in [6, 6.07) is 1.92. The lowest BCUT2D eigenvalue weighted by Crippen LogP contribution is -2.18. The predicted octanol–water partition coefficient (Wildman–Crippen LogP) is 2.09. The molecule has 0 aliphatic heterocycles. The lowest BCUT2D eigenvalue weighted by Gasteiger charge is -2.13. The maximum Gasteiger partial charge on any atom is 0.129 e. The van der Waals surface area contributed by atoms with E-state index >= 15 is 0 Å². The average Bonchev–Trinajstić information content (AvgIpc) is 2.96. The highest BCUT2D eigenvalue weighted by molar-refractivity contribution is 8.00. The van der Waals surface area contributed by atoms with Gasteiger partial charge in [-0.1, -0.05) is 0 Å². The Balaban J connectivity index is 1.92. The largest absolute Gasteiger partial charge is 0.369 e. The van der Waals surface area contributed by atoms with Gasteiger partial charge in [0.05, 0.1) is 0 Å². The number of hydrogen-bond acceptors (Lipinski definition) is 4. The molecule has 1 aliphatic rings. The van der Waals surface area contributed by atoms with E-state index in [4.69, 9.17) is 0 Å². The highest BCUT2D eigenvalue weighted by Crippen LogP contribution is 2.46. The number of nitrogens with one attached hydrogen (secondary N) is 1. The van der Waals surface area contributed by atoms with Crippen LogP contribution in [0.5, 0.6) is 0 Å². The van der Waals surface area contributed by atoms with Crippen molar-refractivity contribution in [3.63, 3.8) is 0 Å². The number of aryl methyl sites for hydroxylation is 1. The summed E-state index contributed by atoms with van der Waals surface area (Å²) >= 11 is 1.96. The molecule has 1 aromatic heterocycles. The van der Waals surface area contributed by atoms with Crippen molar-refractivity contribution in [1.29, 1.82) is 0 Å². The molecule has 0 atom stereocenters. The van der Waals surface area contributed by atoms with Gasteiger partial charge in [0, 0.05) is 17.5 Å². The van der Waals surface area contributed by atoms with Crippen LogP contribution in [-0.4, -0.2) is 27.5 Å². The monoisotopic (exact) mass is 209 g/mol. The second-order valence-electron chi connectivity index (χ2n) is 3.73. The van der Waals surface area contributed by atoms with E-state index in [0.29, 0.717) is 4.75 Å². The fourth-order valence-corrected chi connectivity index (χ4v) is 2.13. The Hall–Kier alpha value is -0.770. The molecule has 3 nitrogen and oxygen atoms in total. The second kappa shape index (κ2) is 3.77. The number of hydrogen-bond donors (Lipinski definition) is 1. The summed E-state index contributed by atoms with van der Waals surface area (Å²) in [6.45, 7) is 2.93. The molecule has 0 amide bonds. The van der Waals surface area contributed by atoms with Crippen molar-refractivity contribution in [3.8, 4) is 0 Å². The average molecular weight is 209 g/mol. The van der Waals surface area contributed by atoms with Crippen molar-refractivity contribution in [1.82, 2.24) is 9.97 Å². The molecule has 0 bridgehead atoms. The zero-order valence-corrected chi connectivity index (χ0v) is 9.40. The van der Waals surface area contributed by atoms with Crippen LogP contribution in [0.15, 0.2) is 12.3 Å². The molecule has 0 spiro atoms. The second-order valence-corrected chi connectivity index (χ2v) is 5.00. The van der Waals surface area contributed by atoms with Crippen LogP contribution in [0.3, 0.4) is 0 Å². The number of rotatable bonds is 4. The summed E-state index contributed by atoms with van der Waals surface area (Å²) in [6.07, 6.45) is 6.62. The lowest BCUT2D eigenvalue weighted by molar-refractivity contribution is 0.930. The first-order chi connectivity index (χ1) is 6.74. The van der Waals surface area contributed by atoms with Gasteiger partial charge in [0.15, 0.2) is 0 Å². The van der Waals surface area contributed by atoms with Crippen molar-refractivity contribution >= 4 is 17.6 Å².